The zero-order valence-corrected chi connectivity index (χ0v) is 11.9. The highest BCUT2D eigenvalue weighted by atomic mass is 35.5. The van der Waals surface area contributed by atoms with Crippen molar-refractivity contribution in [2.45, 2.75) is 6.54 Å². The molecule has 0 atom stereocenters. The molecule has 0 bridgehead atoms. The van der Waals surface area contributed by atoms with E-state index in [-0.39, 0.29) is 16.3 Å². The highest BCUT2D eigenvalue weighted by Crippen LogP contribution is 2.21. The molecule has 2 rings (SSSR count). The largest absolute Gasteiger partial charge is 0.478 e. The van der Waals surface area contributed by atoms with Gasteiger partial charge in [0.1, 0.15) is 0 Å². The van der Waals surface area contributed by atoms with E-state index in [2.05, 4.69) is 5.32 Å². The minimum absolute atomic E-state index is 0.0624. The summed E-state index contributed by atoms with van der Waals surface area (Å²) in [5.41, 5.74) is 0.964. The number of carboxylic acids is 1. The Kier molecular flexibility index (Phi) is 4.49. The van der Waals surface area contributed by atoms with E-state index in [0.29, 0.717) is 6.54 Å². The van der Waals surface area contributed by atoms with Crippen molar-refractivity contribution >= 4 is 29.3 Å². The number of rotatable bonds is 4. The quantitative estimate of drug-likeness (QED) is 0.908. The molecule has 0 aliphatic rings. The minimum atomic E-state index is -1.16. The van der Waals surface area contributed by atoms with Gasteiger partial charge in [0.2, 0.25) is 0 Å². The lowest BCUT2D eigenvalue weighted by Gasteiger charge is -2.18. The van der Waals surface area contributed by atoms with Crippen LogP contribution in [0.2, 0.25) is 5.02 Å². The van der Waals surface area contributed by atoms with Crippen LogP contribution in [0.5, 0.6) is 0 Å². The molecule has 0 radical (unpaired) electrons. The van der Waals surface area contributed by atoms with Crippen molar-refractivity contribution in [2.24, 2.45) is 0 Å². The summed E-state index contributed by atoms with van der Waals surface area (Å²) in [6.07, 6.45) is 3.05. The first-order valence-corrected chi connectivity index (χ1v) is 6.41. The van der Waals surface area contributed by atoms with Crippen molar-refractivity contribution in [1.29, 1.82) is 0 Å². The molecule has 1 aromatic carbocycles. The maximum atomic E-state index is 12.1. The monoisotopic (exact) mass is 308 g/mol. The second-order valence-electron chi connectivity index (χ2n) is 4.41. The molecule has 0 unspecified atom stereocenters. The predicted molar refractivity (Wildman–Crippen MR) is 77.6 cm³/mol. The Balaban J connectivity index is 2.10. The molecule has 0 aliphatic heterocycles. The number of benzene rings is 1. The molecule has 1 aromatic heterocycles. The topological polar surface area (TPSA) is 82.8 Å². The van der Waals surface area contributed by atoms with Gasteiger partial charge in [-0.25, -0.2) is 9.59 Å². The Morgan fingerprint density at radius 1 is 1.38 bits per heavy atom. The van der Waals surface area contributed by atoms with Crippen LogP contribution in [0, 0.1) is 0 Å². The van der Waals surface area contributed by atoms with E-state index in [4.69, 9.17) is 21.1 Å². The molecule has 21 heavy (non-hydrogen) atoms. The summed E-state index contributed by atoms with van der Waals surface area (Å²) in [6.45, 7) is 0.346. The number of halogens is 1. The normalized spacial score (nSPS) is 10.2. The first kappa shape index (κ1) is 14.9. The average Bonchev–Trinajstić information content (AvgIpc) is 2.93. The summed E-state index contributed by atoms with van der Waals surface area (Å²) < 4.78 is 4.93. The Labute approximate surface area is 125 Å². The molecule has 0 spiro atoms. The van der Waals surface area contributed by atoms with Crippen LogP contribution in [0.3, 0.4) is 0 Å². The fraction of sp³-hybridized carbons (Fsp3) is 0.143. The molecule has 0 fully saturated rings. The van der Waals surface area contributed by atoms with E-state index in [1.165, 1.54) is 35.6 Å². The number of carbonyl (C=O) groups is 2. The van der Waals surface area contributed by atoms with E-state index in [1.54, 1.807) is 13.1 Å². The zero-order valence-electron chi connectivity index (χ0n) is 11.2. The van der Waals surface area contributed by atoms with E-state index < -0.39 is 12.0 Å². The molecule has 7 heteroatoms. The maximum Gasteiger partial charge on any atom is 0.337 e. The summed E-state index contributed by atoms with van der Waals surface area (Å²) in [4.78, 5) is 24.6. The number of carbonyl (C=O) groups excluding carboxylic acids is 1. The van der Waals surface area contributed by atoms with E-state index >= 15 is 0 Å². The summed E-state index contributed by atoms with van der Waals surface area (Å²) in [5, 5.41) is 12.0. The van der Waals surface area contributed by atoms with E-state index in [1.807, 2.05) is 0 Å². The van der Waals surface area contributed by atoms with Gasteiger partial charge < -0.3 is 19.7 Å². The van der Waals surface area contributed by atoms with Crippen LogP contribution in [0.1, 0.15) is 15.9 Å². The summed E-state index contributed by atoms with van der Waals surface area (Å²) >= 11 is 5.76. The van der Waals surface area contributed by atoms with Crippen molar-refractivity contribution in [3.05, 3.63) is 52.9 Å². The first-order chi connectivity index (χ1) is 9.97. The number of nitrogens with one attached hydrogen (secondary N) is 1. The smallest absolute Gasteiger partial charge is 0.337 e. The lowest BCUT2D eigenvalue weighted by Crippen LogP contribution is -2.31. The van der Waals surface area contributed by atoms with Gasteiger partial charge in [-0.1, -0.05) is 11.6 Å². The van der Waals surface area contributed by atoms with Crippen LogP contribution < -0.4 is 5.32 Å². The van der Waals surface area contributed by atoms with Gasteiger partial charge in [0.25, 0.3) is 0 Å². The van der Waals surface area contributed by atoms with Crippen LogP contribution in [0.4, 0.5) is 10.5 Å². The van der Waals surface area contributed by atoms with Crippen LogP contribution in [0.15, 0.2) is 41.2 Å². The van der Waals surface area contributed by atoms with Gasteiger partial charge in [-0.05, 0) is 24.3 Å². The first-order valence-electron chi connectivity index (χ1n) is 6.03. The molecule has 2 aromatic rings. The number of aromatic carboxylic acids is 1. The number of anilines is 1. The number of nitrogens with zero attached hydrogens (tertiary/aromatic N) is 1. The molecule has 0 aliphatic carbocycles. The SMILES string of the molecule is CN(Cc1ccoc1)C(=O)Nc1ccc(Cl)cc1C(=O)O. The number of hydrogen-bond donors (Lipinski definition) is 2. The van der Waals surface area contributed by atoms with Crippen LogP contribution in [-0.4, -0.2) is 29.1 Å². The second-order valence-corrected chi connectivity index (χ2v) is 4.85. The number of amides is 2. The second kappa shape index (κ2) is 6.32. The molecular weight excluding hydrogens is 296 g/mol. The third kappa shape index (κ3) is 3.76. The number of furan rings is 1. The highest BCUT2D eigenvalue weighted by molar-refractivity contribution is 6.31. The third-order valence-electron chi connectivity index (χ3n) is 2.80. The standard InChI is InChI=1S/C14H13ClN2O4/c1-17(7-9-4-5-21-8-9)14(20)16-12-3-2-10(15)6-11(12)13(18)19/h2-6,8H,7H2,1H3,(H,16,20)(H,18,19). The predicted octanol–water partition coefficient (Wildman–Crippen LogP) is 3.30. The molecule has 2 amide bonds. The maximum absolute atomic E-state index is 12.1. The Hall–Kier alpha value is -2.47. The Bertz CT molecular complexity index is 655. The van der Waals surface area contributed by atoms with Crippen molar-refractivity contribution in [3.63, 3.8) is 0 Å². The molecule has 0 saturated carbocycles. The van der Waals surface area contributed by atoms with Crippen LogP contribution in [-0.2, 0) is 6.54 Å². The van der Waals surface area contributed by atoms with Gasteiger partial charge in [0.15, 0.2) is 0 Å². The Morgan fingerprint density at radius 2 is 2.14 bits per heavy atom. The zero-order chi connectivity index (χ0) is 15.4. The molecule has 2 N–H and O–H groups in total. The van der Waals surface area contributed by atoms with Crippen molar-refractivity contribution < 1.29 is 19.1 Å². The summed E-state index contributed by atoms with van der Waals surface area (Å²) in [7, 11) is 1.60. The van der Waals surface area contributed by atoms with Gasteiger partial charge in [0, 0.05) is 17.6 Å². The van der Waals surface area contributed by atoms with Gasteiger partial charge in [-0.3, -0.25) is 0 Å². The molecule has 6 nitrogen and oxygen atoms in total. The van der Waals surface area contributed by atoms with Gasteiger partial charge in [0.05, 0.1) is 30.3 Å². The Morgan fingerprint density at radius 3 is 2.76 bits per heavy atom. The van der Waals surface area contributed by atoms with E-state index in [0.717, 1.165) is 5.56 Å². The fourth-order valence-electron chi connectivity index (χ4n) is 1.74. The third-order valence-corrected chi connectivity index (χ3v) is 3.04. The van der Waals surface area contributed by atoms with Gasteiger partial charge in [-0.15, -0.1) is 0 Å². The fourth-order valence-corrected chi connectivity index (χ4v) is 1.91. The molecular formula is C14H13ClN2O4. The number of carboxylic acid groups (broad SMARTS) is 1. The molecule has 110 valence electrons. The number of hydrogen-bond acceptors (Lipinski definition) is 3. The lowest BCUT2D eigenvalue weighted by molar-refractivity contribution is 0.0698. The van der Waals surface area contributed by atoms with Crippen LogP contribution in [0.25, 0.3) is 0 Å². The van der Waals surface area contributed by atoms with Gasteiger partial charge >= 0.3 is 12.0 Å². The van der Waals surface area contributed by atoms with Crippen molar-refractivity contribution in [1.82, 2.24) is 4.90 Å². The van der Waals surface area contributed by atoms with Gasteiger partial charge in [-0.2, -0.15) is 0 Å². The lowest BCUT2D eigenvalue weighted by atomic mass is 10.2. The van der Waals surface area contributed by atoms with Crippen molar-refractivity contribution in [2.75, 3.05) is 12.4 Å². The highest BCUT2D eigenvalue weighted by Gasteiger charge is 2.15. The average molecular weight is 309 g/mol. The molecule has 1 heterocycles. The number of urea groups is 1. The van der Waals surface area contributed by atoms with Crippen LogP contribution >= 0.6 is 11.6 Å². The van der Waals surface area contributed by atoms with Crippen molar-refractivity contribution in [3.8, 4) is 0 Å². The summed E-state index contributed by atoms with van der Waals surface area (Å²) in [5.74, 6) is -1.16. The summed E-state index contributed by atoms with van der Waals surface area (Å²) in [6, 6.07) is 5.57. The molecule has 0 saturated heterocycles. The minimum Gasteiger partial charge on any atom is -0.478 e. The van der Waals surface area contributed by atoms with E-state index in [9.17, 15) is 9.59 Å².